The molecule has 0 saturated heterocycles. The lowest BCUT2D eigenvalue weighted by Crippen LogP contribution is -2.14. The molecule has 0 aromatic heterocycles. The molecule has 0 atom stereocenters. The summed E-state index contributed by atoms with van der Waals surface area (Å²) in [6.45, 7) is 0. The molecule has 0 saturated carbocycles. The number of nitro benzene ring substituents is 2. The van der Waals surface area contributed by atoms with Crippen LogP contribution in [0.3, 0.4) is 0 Å². The molecule has 1 aromatic carbocycles. The highest BCUT2D eigenvalue weighted by Crippen LogP contribution is 2.35. The SMILES string of the molecule is N#CCC(=O)Nc1c([N+](=O)[O-])cc(C(=O)O)cc1[N+](=O)[O-]. The minimum Gasteiger partial charge on any atom is -0.478 e. The predicted molar refractivity (Wildman–Crippen MR) is 65.6 cm³/mol. The minimum absolute atomic E-state index is 0.581. The lowest BCUT2D eigenvalue weighted by molar-refractivity contribution is -0.392. The average molecular weight is 294 g/mol. The maximum absolute atomic E-state index is 11.3. The summed E-state index contributed by atoms with van der Waals surface area (Å²) in [7, 11) is 0. The summed E-state index contributed by atoms with van der Waals surface area (Å²) < 4.78 is 0. The van der Waals surface area contributed by atoms with Crippen LogP contribution in [-0.4, -0.2) is 26.8 Å². The van der Waals surface area contributed by atoms with E-state index in [1.807, 2.05) is 5.32 Å². The van der Waals surface area contributed by atoms with Gasteiger partial charge >= 0.3 is 17.3 Å². The molecule has 2 N–H and O–H groups in total. The number of nitrogens with zero attached hydrogens (tertiary/aromatic N) is 3. The van der Waals surface area contributed by atoms with Crippen LogP contribution >= 0.6 is 0 Å². The maximum atomic E-state index is 11.3. The molecule has 0 spiro atoms. The fourth-order valence-electron chi connectivity index (χ4n) is 1.41. The lowest BCUT2D eigenvalue weighted by atomic mass is 10.1. The van der Waals surface area contributed by atoms with Gasteiger partial charge < -0.3 is 10.4 Å². The number of hydrogen-bond donors (Lipinski definition) is 2. The summed E-state index contributed by atoms with van der Waals surface area (Å²) in [5.74, 6) is -2.59. The molecule has 21 heavy (non-hydrogen) atoms. The van der Waals surface area contributed by atoms with Crippen molar-refractivity contribution in [2.75, 3.05) is 5.32 Å². The van der Waals surface area contributed by atoms with Crippen LogP contribution in [0.1, 0.15) is 16.8 Å². The van der Waals surface area contributed by atoms with Gasteiger partial charge in [0.25, 0.3) is 0 Å². The zero-order valence-electron chi connectivity index (χ0n) is 10.1. The maximum Gasteiger partial charge on any atom is 0.336 e. The Labute approximate surface area is 115 Å². The van der Waals surface area contributed by atoms with Crippen molar-refractivity contribution < 1.29 is 24.5 Å². The molecule has 1 amide bonds. The van der Waals surface area contributed by atoms with Crippen molar-refractivity contribution in [1.29, 1.82) is 5.26 Å². The standard InChI is InChI=1S/C10H6N4O7/c11-2-1-8(15)12-9-6(13(18)19)3-5(10(16)17)4-7(9)14(20)21/h3-4H,1H2,(H,12,15)(H,16,17). The molecule has 108 valence electrons. The van der Waals surface area contributed by atoms with Crippen LogP contribution in [0, 0.1) is 31.6 Å². The molecule has 0 heterocycles. The fraction of sp³-hybridized carbons (Fsp3) is 0.100. The number of nitriles is 1. The second-order valence-electron chi connectivity index (χ2n) is 3.59. The molecular weight excluding hydrogens is 288 g/mol. The van der Waals surface area contributed by atoms with Gasteiger partial charge in [0.15, 0.2) is 5.69 Å². The number of carbonyl (C=O) groups is 2. The summed E-state index contributed by atoms with van der Waals surface area (Å²) in [6.07, 6.45) is -0.672. The molecule has 0 fully saturated rings. The first-order chi connectivity index (χ1) is 9.77. The van der Waals surface area contributed by atoms with E-state index in [-0.39, 0.29) is 0 Å². The van der Waals surface area contributed by atoms with E-state index in [9.17, 15) is 29.8 Å². The zero-order valence-corrected chi connectivity index (χ0v) is 10.1. The van der Waals surface area contributed by atoms with Crippen LogP contribution in [0.2, 0.25) is 0 Å². The van der Waals surface area contributed by atoms with Crippen molar-refractivity contribution in [2.45, 2.75) is 6.42 Å². The van der Waals surface area contributed by atoms with Gasteiger partial charge in [-0.1, -0.05) is 0 Å². The van der Waals surface area contributed by atoms with Crippen molar-refractivity contribution >= 4 is 28.9 Å². The van der Waals surface area contributed by atoms with E-state index in [4.69, 9.17) is 10.4 Å². The Morgan fingerprint density at radius 3 is 2.05 bits per heavy atom. The quantitative estimate of drug-likeness (QED) is 0.597. The highest BCUT2D eigenvalue weighted by Gasteiger charge is 2.29. The highest BCUT2D eigenvalue weighted by molar-refractivity contribution is 5.99. The van der Waals surface area contributed by atoms with Gasteiger partial charge in [-0.05, 0) is 0 Å². The first-order valence-electron chi connectivity index (χ1n) is 5.14. The third-order valence-corrected chi connectivity index (χ3v) is 2.24. The number of nitrogens with one attached hydrogen (secondary N) is 1. The van der Waals surface area contributed by atoms with Gasteiger partial charge in [-0.25, -0.2) is 4.79 Å². The zero-order chi connectivity index (χ0) is 16.2. The second kappa shape index (κ2) is 6.06. The van der Waals surface area contributed by atoms with Gasteiger partial charge in [-0.3, -0.25) is 25.0 Å². The molecule has 1 aromatic rings. The monoisotopic (exact) mass is 294 g/mol. The normalized spacial score (nSPS) is 9.48. The summed E-state index contributed by atoms with van der Waals surface area (Å²) in [4.78, 5) is 41.7. The average Bonchev–Trinajstić information content (AvgIpc) is 2.37. The number of carboxylic acid groups (broad SMARTS) is 1. The van der Waals surface area contributed by atoms with Gasteiger partial charge in [0.1, 0.15) is 6.42 Å². The number of hydrogen-bond acceptors (Lipinski definition) is 7. The lowest BCUT2D eigenvalue weighted by Gasteiger charge is -2.06. The third-order valence-electron chi connectivity index (χ3n) is 2.24. The van der Waals surface area contributed by atoms with Crippen molar-refractivity contribution in [2.24, 2.45) is 0 Å². The Morgan fingerprint density at radius 1 is 1.24 bits per heavy atom. The summed E-state index contributed by atoms with van der Waals surface area (Å²) in [5.41, 5.74) is -3.34. The van der Waals surface area contributed by atoms with Gasteiger partial charge in [-0.15, -0.1) is 0 Å². The summed E-state index contributed by atoms with van der Waals surface area (Å²) in [6, 6.07) is 2.63. The molecule has 0 aliphatic heterocycles. The smallest absolute Gasteiger partial charge is 0.336 e. The molecule has 11 nitrogen and oxygen atoms in total. The Morgan fingerprint density at radius 2 is 1.71 bits per heavy atom. The topological polar surface area (TPSA) is 176 Å². The minimum atomic E-state index is -1.60. The van der Waals surface area contributed by atoms with E-state index in [0.29, 0.717) is 12.1 Å². The van der Waals surface area contributed by atoms with E-state index < -0.39 is 50.8 Å². The molecule has 0 aliphatic rings. The van der Waals surface area contributed by atoms with E-state index in [1.165, 1.54) is 6.07 Å². The number of carboxylic acids is 1. The molecule has 0 radical (unpaired) electrons. The molecule has 11 heteroatoms. The Balaban J connectivity index is 3.54. The molecular formula is C10H6N4O7. The van der Waals surface area contributed by atoms with Crippen LogP contribution in [0.15, 0.2) is 12.1 Å². The Hall–Kier alpha value is -3.55. The number of benzene rings is 1. The van der Waals surface area contributed by atoms with Crippen LogP contribution in [0.25, 0.3) is 0 Å². The number of rotatable bonds is 5. The van der Waals surface area contributed by atoms with E-state index in [1.54, 1.807) is 0 Å². The van der Waals surface area contributed by atoms with Crippen LogP contribution in [-0.2, 0) is 4.79 Å². The third kappa shape index (κ3) is 3.47. The van der Waals surface area contributed by atoms with Crippen LogP contribution in [0.5, 0.6) is 0 Å². The van der Waals surface area contributed by atoms with E-state index in [2.05, 4.69) is 0 Å². The summed E-state index contributed by atoms with van der Waals surface area (Å²) >= 11 is 0. The second-order valence-corrected chi connectivity index (χ2v) is 3.59. The predicted octanol–water partition coefficient (Wildman–Crippen LogP) is 1.05. The van der Waals surface area contributed by atoms with Gasteiger partial charge in [-0.2, -0.15) is 5.26 Å². The Kier molecular flexibility index (Phi) is 4.48. The molecule has 0 bridgehead atoms. The first kappa shape index (κ1) is 15.5. The van der Waals surface area contributed by atoms with Crippen LogP contribution < -0.4 is 5.32 Å². The fourth-order valence-corrected chi connectivity index (χ4v) is 1.41. The van der Waals surface area contributed by atoms with Gasteiger partial charge in [0.2, 0.25) is 5.91 Å². The van der Waals surface area contributed by atoms with Crippen molar-refractivity contribution in [1.82, 2.24) is 0 Å². The van der Waals surface area contributed by atoms with Crippen molar-refractivity contribution in [3.8, 4) is 6.07 Å². The number of aromatic carboxylic acids is 1. The number of nitro groups is 2. The van der Waals surface area contributed by atoms with Crippen molar-refractivity contribution in [3.05, 3.63) is 37.9 Å². The molecule has 0 aliphatic carbocycles. The van der Waals surface area contributed by atoms with E-state index >= 15 is 0 Å². The molecule has 0 unspecified atom stereocenters. The summed E-state index contributed by atoms with van der Waals surface area (Å²) in [5, 5.41) is 40.8. The number of carbonyl (C=O) groups excluding carboxylic acids is 1. The largest absolute Gasteiger partial charge is 0.478 e. The Bertz CT molecular complexity index is 656. The first-order valence-corrected chi connectivity index (χ1v) is 5.14. The highest BCUT2D eigenvalue weighted by atomic mass is 16.6. The van der Waals surface area contributed by atoms with Crippen LogP contribution in [0.4, 0.5) is 17.1 Å². The number of amides is 1. The van der Waals surface area contributed by atoms with Gasteiger partial charge in [0.05, 0.1) is 21.5 Å². The van der Waals surface area contributed by atoms with E-state index in [0.717, 1.165) is 0 Å². The van der Waals surface area contributed by atoms with Crippen molar-refractivity contribution in [3.63, 3.8) is 0 Å². The number of anilines is 1. The molecule has 1 rings (SSSR count). The van der Waals surface area contributed by atoms with Gasteiger partial charge in [0, 0.05) is 12.1 Å².